The fraction of sp³-hybridized carbons (Fsp3) is 0.312. The maximum Gasteiger partial charge on any atom is 0.229 e. The van der Waals surface area contributed by atoms with Crippen molar-refractivity contribution in [2.24, 2.45) is 4.99 Å². The first-order chi connectivity index (χ1) is 12.0. The first-order valence-corrected chi connectivity index (χ1v) is 9.53. The second-order valence-corrected chi connectivity index (χ2v) is 6.93. The largest absolute Gasteiger partial charge is 0.492 e. The summed E-state index contributed by atoms with van der Waals surface area (Å²) in [6.45, 7) is 1.46. The molecule has 0 atom stereocenters. The molecule has 0 saturated heterocycles. The van der Waals surface area contributed by atoms with Crippen LogP contribution >= 0.6 is 0 Å². The summed E-state index contributed by atoms with van der Waals surface area (Å²) in [6, 6.07) is 10.5. The van der Waals surface area contributed by atoms with Crippen molar-refractivity contribution < 1.29 is 17.6 Å². The molecule has 136 valence electrons. The second-order valence-electron chi connectivity index (χ2n) is 5.18. The molecule has 0 spiro atoms. The smallest absolute Gasteiger partial charge is 0.229 e. The molecule has 0 bridgehead atoms. The predicted octanol–water partition coefficient (Wildman–Crippen LogP) is 1.40. The van der Waals surface area contributed by atoms with Crippen molar-refractivity contribution >= 4 is 21.7 Å². The van der Waals surface area contributed by atoms with E-state index in [1.165, 1.54) is 0 Å². The maximum atomic E-state index is 11.2. The molecule has 0 unspecified atom stereocenters. The Kier molecular flexibility index (Phi) is 6.70. The zero-order valence-electron chi connectivity index (χ0n) is 14.2. The van der Waals surface area contributed by atoms with Crippen LogP contribution in [-0.4, -0.2) is 40.8 Å². The summed E-state index contributed by atoms with van der Waals surface area (Å²) in [5.74, 6) is 2.02. The molecule has 0 aliphatic heterocycles. The Morgan fingerprint density at radius 3 is 2.76 bits per heavy atom. The summed E-state index contributed by atoms with van der Waals surface area (Å²) in [6.07, 6.45) is 2.72. The van der Waals surface area contributed by atoms with Gasteiger partial charge in [-0.05, 0) is 24.3 Å². The molecule has 3 N–H and O–H groups in total. The van der Waals surface area contributed by atoms with E-state index < -0.39 is 10.0 Å². The molecule has 25 heavy (non-hydrogen) atoms. The SMILES string of the molecule is CN=C(NCCOc1cccc(NS(C)(=O)=O)c1)NCc1ccco1. The van der Waals surface area contributed by atoms with Crippen LogP contribution in [0.1, 0.15) is 5.76 Å². The maximum absolute atomic E-state index is 11.2. The third-order valence-electron chi connectivity index (χ3n) is 3.03. The highest BCUT2D eigenvalue weighted by Gasteiger charge is 2.03. The van der Waals surface area contributed by atoms with Gasteiger partial charge < -0.3 is 19.8 Å². The molecule has 0 aliphatic rings. The minimum atomic E-state index is -3.31. The molecule has 0 saturated carbocycles. The van der Waals surface area contributed by atoms with Gasteiger partial charge in [-0.15, -0.1) is 0 Å². The molecule has 1 aromatic heterocycles. The zero-order chi connectivity index (χ0) is 18.1. The van der Waals surface area contributed by atoms with E-state index in [9.17, 15) is 8.42 Å². The average Bonchev–Trinajstić information content (AvgIpc) is 3.06. The molecular weight excluding hydrogens is 344 g/mol. The molecule has 0 fully saturated rings. The van der Waals surface area contributed by atoms with Crippen molar-refractivity contribution in [1.29, 1.82) is 0 Å². The van der Waals surface area contributed by atoms with Crippen LogP contribution < -0.4 is 20.1 Å². The normalized spacial score (nSPS) is 11.8. The van der Waals surface area contributed by atoms with Crippen LogP contribution in [0.5, 0.6) is 5.75 Å². The van der Waals surface area contributed by atoms with Crippen LogP contribution in [0.2, 0.25) is 0 Å². The third-order valence-corrected chi connectivity index (χ3v) is 3.64. The molecule has 0 aliphatic carbocycles. The fourth-order valence-corrected chi connectivity index (χ4v) is 2.56. The van der Waals surface area contributed by atoms with E-state index in [1.807, 2.05) is 12.1 Å². The van der Waals surface area contributed by atoms with E-state index in [2.05, 4.69) is 20.3 Å². The van der Waals surface area contributed by atoms with Crippen molar-refractivity contribution in [1.82, 2.24) is 10.6 Å². The van der Waals surface area contributed by atoms with Gasteiger partial charge >= 0.3 is 0 Å². The molecule has 1 heterocycles. The van der Waals surface area contributed by atoms with Crippen LogP contribution in [0.15, 0.2) is 52.1 Å². The average molecular weight is 366 g/mol. The molecule has 2 rings (SSSR count). The fourth-order valence-electron chi connectivity index (χ4n) is 2.01. The van der Waals surface area contributed by atoms with Gasteiger partial charge in [-0.25, -0.2) is 8.42 Å². The summed E-state index contributed by atoms with van der Waals surface area (Å²) >= 11 is 0. The van der Waals surface area contributed by atoms with Crippen molar-refractivity contribution in [3.8, 4) is 5.75 Å². The number of hydrogen-bond donors (Lipinski definition) is 3. The lowest BCUT2D eigenvalue weighted by atomic mass is 10.3. The Bertz CT molecular complexity index is 788. The Labute approximate surface area is 147 Å². The van der Waals surface area contributed by atoms with E-state index >= 15 is 0 Å². The van der Waals surface area contributed by atoms with Gasteiger partial charge in [0.2, 0.25) is 10.0 Å². The van der Waals surface area contributed by atoms with Crippen molar-refractivity contribution in [3.63, 3.8) is 0 Å². The molecule has 9 heteroatoms. The van der Waals surface area contributed by atoms with Gasteiger partial charge in [0.15, 0.2) is 5.96 Å². The first-order valence-electron chi connectivity index (χ1n) is 7.64. The lowest BCUT2D eigenvalue weighted by molar-refractivity contribution is 0.322. The van der Waals surface area contributed by atoms with Crippen LogP contribution in [0.4, 0.5) is 5.69 Å². The quantitative estimate of drug-likeness (QED) is 0.370. The Hall–Kier alpha value is -2.68. The Balaban J connectivity index is 1.73. The number of rotatable bonds is 8. The van der Waals surface area contributed by atoms with Gasteiger partial charge in [0.25, 0.3) is 0 Å². The molecule has 0 amide bonds. The number of guanidine groups is 1. The Morgan fingerprint density at radius 1 is 1.24 bits per heavy atom. The number of hydrogen-bond acceptors (Lipinski definition) is 5. The number of aliphatic imine (C=N–C) groups is 1. The third kappa shape index (κ3) is 7.17. The van der Waals surface area contributed by atoms with Gasteiger partial charge in [-0.2, -0.15) is 0 Å². The minimum Gasteiger partial charge on any atom is -0.492 e. The van der Waals surface area contributed by atoms with Crippen molar-refractivity contribution in [3.05, 3.63) is 48.4 Å². The topological polar surface area (TPSA) is 105 Å². The highest BCUT2D eigenvalue weighted by molar-refractivity contribution is 7.92. The summed E-state index contributed by atoms with van der Waals surface area (Å²) in [7, 11) is -1.63. The monoisotopic (exact) mass is 366 g/mol. The van der Waals surface area contributed by atoms with Gasteiger partial charge in [0.1, 0.15) is 18.1 Å². The number of sulfonamides is 1. The molecule has 1 aromatic carbocycles. The van der Waals surface area contributed by atoms with E-state index in [0.717, 1.165) is 12.0 Å². The first kappa shape index (κ1) is 18.7. The van der Waals surface area contributed by atoms with Crippen LogP contribution in [0.25, 0.3) is 0 Å². The van der Waals surface area contributed by atoms with Crippen LogP contribution in [-0.2, 0) is 16.6 Å². The van der Waals surface area contributed by atoms with E-state index in [1.54, 1.807) is 37.6 Å². The minimum absolute atomic E-state index is 0.393. The number of ether oxygens (including phenoxy) is 1. The highest BCUT2D eigenvalue weighted by Crippen LogP contribution is 2.17. The van der Waals surface area contributed by atoms with E-state index in [0.29, 0.717) is 37.1 Å². The summed E-state index contributed by atoms with van der Waals surface area (Å²) in [5.41, 5.74) is 0.462. The van der Waals surface area contributed by atoms with Crippen molar-refractivity contribution in [2.45, 2.75) is 6.54 Å². The summed E-state index contributed by atoms with van der Waals surface area (Å²) < 4.78 is 35.7. The van der Waals surface area contributed by atoms with Crippen molar-refractivity contribution in [2.75, 3.05) is 31.2 Å². The second kappa shape index (κ2) is 8.97. The van der Waals surface area contributed by atoms with Gasteiger partial charge in [0.05, 0.1) is 31.3 Å². The molecule has 8 nitrogen and oxygen atoms in total. The molecule has 0 radical (unpaired) electrons. The van der Waals surface area contributed by atoms with Gasteiger partial charge in [-0.3, -0.25) is 9.71 Å². The lowest BCUT2D eigenvalue weighted by Gasteiger charge is -2.12. The van der Waals surface area contributed by atoms with Gasteiger partial charge in [0, 0.05) is 13.1 Å². The highest BCUT2D eigenvalue weighted by atomic mass is 32.2. The van der Waals surface area contributed by atoms with E-state index in [-0.39, 0.29) is 0 Å². The number of nitrogens with zero attached hydrogens (tertiary/aromatic N) is 1. The zero-order valence-corrected chi connectivity index (χ0v) is 15.0. The van der Waals surface area contributed by atoms with E-state index in [4.69, 9.17) is 9.15 Å². The van der Waals surface area contributed by atoms with Crippen LogP contribution in [0, 0.1) is 0 Å². The number of nitrogens with one attached hydrogen (secondary N) is 3. The Morgan fingerprint density at radius 2 is 2.08 bits per heavy atom. The predicted molar refractivity (Wildman–Crippen MR) is 97.3 cm³/mol. The summed E-state index contributed by atoms with van der Waals surface area (Å²) in [4.78, 5) is 4.11. The number of anilines is 1. The number of furan rings is 1. The lowest BCUT2D eigenvalue weighted by Crippen LogP contribution is -2.38. The van der Waals surface area contributed by atoms with Gasteiger partial charge in [-0.1, -0.05) is 6.07 Å². The number of benzene rings is 1. The standard InChI is InChI=1S/C16H22N4O4S/c1-17-16(19-12-15-7-4-9-23-15)18-8-10-24-14-6-3-5-13(11-14)20-25(2,21)22/h3-7,9,11,20H,8,10,12H2,1-2H3,(H2,17,18,19). The molecule has 2 aromatic rings. The summed E-state index contributed by atoms with van der Waals surface area (Å²) in [5, 5.41) is 6.23. The van der Waals surface area contributed by atoms with Crippen LogP contribution in [0.3, 0.4) is 0 Å². The molecular formula is C16H22N4O4S.